The molecule has 1 aliphatic carbocycles. The first kappa shape index (κ1) is 12.9. The average molecular weight is 276 g/mol. The summed E-state index contributed by atoms with van der Waals surface area (Å²) in [6.07, 6.45) is 4.76. The second kappa shape index (κ2) is 4.77. The maximum absolute atomic E-state index is 12.5. The lowest BCUT2D eigenvalue weighted by molar-refractivity contribution is -0.151. The van der Waals surface area contributed by atoms with E-state index in [-0.39, 0.29) is 12.5 Å². The third kappa shape index (κ3) is 1.92. The highest BCUT2D eigenvalue weighted by Crippen LogP contribution is 2.41. The van der Waals surface area contributed by atoms with Crippen molar-refractivity contribution in [3.8, 4) is 0 Å². The summed E-state index contributed by atoms with van der Waals surface area (Å²) in [5, 5.41) is 2.32. The molecular weight excluding hydrogens is 260 g/mol. The topological polar surface area (TPSA) is 79.6 Å². The summed E-state index contributed by atoms with van der Waals surface area (Å²) in [5.41, 5.74) is -1.02. The number of barbiturate groups is 1. The van der Waals surface area contributed by atoms with Gasteiger partial charge < -0.3 is 4.42 Å². The molecule has 1 aromatic heterocycles. The van der Waals surface area contributed by atoms with E-state index >= 15 is 0 Å². The highest BCUT2D eigenvalue weighted by Gasteiger charge is 2.54. The van der Waals surface area contributed by atoms with Gasteiger partial charge in [-0.25, -0.2) is 4.79 Å². The number of hydrogen-bond donors (Lipinski definition) is 1. The van der Waals surface area contributed by atoms with Crippen LogP contribution in [0.2, 0.25) is 0 Å². The molecule has 0 radical (unpaired) electrons. The smallest absolute Gasteiger partial charge is 0.330 e. The molecule has 1 N–H and O–H groups in total. The number of nitrogens with one attached hydrogen (secondary N) is 1. The Morgan fingerprint density at radius 1 is 1.25 bits per heavy atom. The van der Waals surface area contributed by atoms with E-state index in [2.05, 4.69) is 5.32 Å². The number of hydrogen-bond acceptors (Lipinski definition) is 4. The first-order valence-electron chi connectivity index (χ1n) is 6.83. The van der Waals surface area contributed by atoms with E-state index in [0.29, 0.717) is 25.0 Å². The van der Waals surface area contributed by atoms with Crippen LogP contribution in [0.25, 0.3) is 0 Å². The van der Waals surface area contributed by atoms with Crippen molar-refractivity contribution in [1.82, 2.24) is 10.2 Å². The molecule has 20 heavy (non-hydrogen) atoms. The van der Waals surface area contributed by atoms with E-state index in [4.69, 9.17) is 4.42 Å². The van der Waals surface area contributed by atoms with Crippen LogP contribution >= 0.6 is 0 Å². The van der Waals surface area contributed by atoms with Crippen LogP contribution < -0.4 is 5.32 Å². The van der Waals surface area contributed by atoms with E-state index in [9.17, 15) is 14.4 Å². The Labute approximate surface area is 116 Å². The largest absolute Gasteiger partial charge is 0.469 e. The van der Waals surface area contributed by atoms with Crippen molar-refractivity contribution < 1.29 is 18.8 Å². The molecule has 106 valence electrons. The quantitative estimate of drug-likeness (QED) is 0.848. The molecule has 4 amide bonds. The van der Waals surface area contributed by atoms with Crippen molar-refractivity contribution in [3.05, 3.63) is 24.2 Å². The first-order valence-corrected chi connectivity index (χ1v) is 6.83. The Morgan fingerprint density at radius 2 is 2.00 bits per heavy atom. The fraction of sp³-hybridized carbons (Fsp3) is 0.500. The van der Waals surface area contributed by atoms with Gasteiger partial charge in [-0.3, -0.25) is 19.8 Å². The lowest BCUT2D eigenvalue weighted by Gasteiger charge is -2.36. The van der Waals surface area contributed by atoms with Gasteiger partial charge in [0.2, 0.25) is 11.8 Å². The predicted octanol–water partition coefficient (Wildman–Crippen LogP) is 1.46. The van der Waals surface area contributed by atoms with Gasteiger partial charge in [-0.2, -0.15) is 0 Å². The molecule has 2 aliphatic rings. The second-order valence-corrected chi connectivity index (χ2v) is 5.33. The van der Waals surface area contributed by atoms with E-state index in [1.54, 1.807) is 18.4 Å². The van der Waals surface area contributed by atoms with Crippen molar-refractivity contribution >= 4 is 17.8 Å². The lowest BCUT2D eigenvalue weighted by atomic mass is 9.82. The Bertz CT molecular complexity index is 544. The number of urea groups is 1. The summed E-state index contributed by atoms with van der Waals surface area (Å²) in [6.45, 7) is 0.229. The fourth-order valence-corrected chi connectivity index (χ4v) is 3.03. The zero-order valence-electron chi connectivity index (χ0n) is 11.1. The third-order valence-electron chi connectivity index (χ3n) is 4.17. The molecule has 6 nitrogen and oxygen atoms in total. The molecule has 0 unspecified atom stereocenters. The summed E-state index contributed by atoms with van der Waals surface area (Å²) in [4.78, 5) is 37.6. The van der Waals surface area contributed by atoms with Gasteiger partial charge >= 0.3 is 6.03 Å². The average Bonchev–Trinajstić information content (AvgIpc) is 3.09. The molecule has 0 atom stereocenters. The van der Waals surface area contributed by atoms with E-state index < -0.39 is 17.4 Å². The van der Waals surface area contributed by atoms with Crippen LogP contribution in [0.5, 0.6) is 0 Å². The predicted molar refractivity (Wildman–Crippen MR) is 68.6 cm³/mol. The monoisotopic (exact) mass is 276 g/mol. The van der Waals surface area contributed by atoms with Crippen molar-refractivity contribution in [1.29, 1.82) is 0 Å². The molecule has 0 aromatic carbocycles. The van der Waals surface area contributed by atoms with E-state index in [1.165, 1.54) is 0 Å². The Balaban J connectivity index is 1.77. The van der Waals surface area contributed by atoms with Crippen molar-refractivity contribution in [3.63, 3.8) is 0 Å². The molecule has 1 spiro atoms. The second-order valence-electron chi connectivity index (χ2n) is 5.33. The highest BCUT2D eigenvalue weighted by atomic mass is 16.3. The number of carbonyl (C=O) groups is 3. The van der Waals surface area contributed by atoms with Crippen LogP contribution in [-0.2, 0) is 16.0 Å². The molecule has 3 rings (SSSR count). The first-order chi connectivity index (χ1) is 9.63. The molecule has 1 aliphatic heterocycles. The number of carbonyl (C=O) groups excluding carboxylic acids is 3. The van der Waals surface area contributed by atoms with Gasteiger partial charge in [0.05, 0.1) is 6.26 Å². The number of amides is 4. The van der Waals surface area contributed by atoms with Crippen LogP contribution in [0, 0.1) is 5.41 Å². The summed E-state index contributed by atoms with van der Waals surface area (Å²) >= 11 is 0. The number of rotatable bonds is 3. The number of imide groups is 2. The Kier molecular flexibility index (Phi) is 3.08. The summed E-state index contributed by atoms with van der Waals surface area (Å²) in [6, 6.07) is 2.93. The van der Waals surface area contributed by atoms with Crippen LogP contribution in [0.15, 0.2) is 22.8 Å². The van der Waals surface area contributed by atoms with Gasteiger partial charge in [0, 0.05) is 13.0 Å². The molecule has 0 bridgehead atoms. The highest BCUT2D eigenvalue weighted by molar-refractivity contribution is 6.19. The molecule has 1 saturated carbocycles. The fourth-order valence-electron chi connectivity index (χ4n) is 3.03. The van der Waals surface area contributed by atoms with Gasteiger partial charge in [0.1, 0.15) is 11.2 Å². The maximum Gasteiger partial charge on any atom is 0.330 e. The van der Waals surface area contributed by atoms with Gasteiger partial charge in [-0.05, 0) is 25.0 Å². The van der Waals surface area contributed by atoms with Crippen LogP contribution in [0.4, 0.5) is 4.79 Å². The zero-order chi connectivity index (χ0) is 14.2. The van der Waals surface area contributed by atoms with Crippen molar-refractivity contribution in [2.45, 2.75) is 32.1 Å². The molecule has 1 aromatic rings. The van der Waals surface area contributed by atoms with Gasteiger partial charge in [-0.1, -0.05) is 12.8 Å². The van der Waals surface area contributed by atoms with Gasteiger partial charge in [-0.15, -0.1) is 0 Å². The molecular formula is C14H16N2O4. The van der Waals surface area contributed by atoms with E-state index in [1.807, 2.05) is 0 Å². The van der Waals surface area contributed by atoms with Crippen LogP contribution in [0.1, 0.15) is 31.4 Å². The van der Waals surface area contributed by atoms with Crippen LogP contribution in [-0.4, -0.2) is 29.3 Å². The normalized spacial score (nSPS) is 21.6. The summed E-state index contributed by atoms with van der Waals surface area (Å²) < 4.78 is 5.20. The van der Waals surface area contributed by atoms with Crippen LogP contribution in [0.3, 0.4) is 0 Å². The summed E-state index contributed by atoms with van der Waals surface area (Å²) in [7, 11) is 0. The minimum Gasteiger partial charge on any atom is -0.469 e. The Morgan fingerprint density at radius 3 is 2.65 bits per heavy atom. The number of nitrogens with zero attached hydrogens (tertiary/aromatic N) is 1. The zero-order valence-corrected chi connectivity index (χ0v) is 11.1. The SMILES string of the molecule is O=C1NC(=O)C2(CCCC2)C(=O)N1CCc1ccco1. The lowest BCUT2D eigenvalue weighted by Crippen LogP contribution is -2.63. The molecule has 6 heteroatoms. The summed E-state index contributed by atoms with van der Waals surface area (Å²) in [5.74, 6) is -0.0717. The van der Waals surface area contributed by atoms with Crippen molar-refractivity contribution in [2.24, 2.45) is 5.41 Å². The minimum atomic E-state index is -1.02. The van der Waals surface area contributed by atoms with Crippen molar-refractivity contribution in [2.75, 3.05) is 6.54 Å². The number of furan rings is 1. The Hall–Kier alpha value is -2.11. The van der Waals surface area contributed by atoms with E-state index in [0.717, 1.165) is 17.7 Å². The van der Waals surface area contributed by atoms with Gasteiger partial charge in [0.15, 0.2) is 0 Å². The standard InChI is InChI=1S/C14H16N2O4/c17-11-14(6-1-2-7-14)12(18)16(13(19)15-11)8-5-10-4-3-9-20-10/h3-4,9H,1-2,5-8H2,(H,15,17,19). The maximum atomic E-state index is 12.5. The minimum absolute atomic E-state index is 0.229. The third-order valence-corrected chi connectivity index (χ3v) is 4.17. The molecule has 1 saturated heterocycles. The molecule has 2 fully saturated rings. The van der Waals surface area contributed by atoms with Gasteiger partial charge in [0.25, 0.3) is 0 Å². The molecule has 2 heterocycles.